The Labute approximate surface area is 113 Å². The molecule has 1 atom stereocenters. The second-order valence-corrected chi connectivity index (χ2v) is 4.79. The van der Waals surface area contributed by atoms with Gasteiger partial charge in [-0.1, -0.05) is 32.6 Å². The van der Waals surface area contributed by atoms with Crippen LogP contribution in [0.4, 0.5) is 5.69 Å². The first kappa shape index (κ1) is 13.4. The van der Waals surface area contributed by atoms with Gasteiger partial charge in [-0.25, -0.2) is 0 Å². The van der Waals surface area contributed by atoms with Crippen LogP contribution in [0.25, 0.3) is 16.7 Å². The summed E-state index contributed by atoms with van der Waals surface area (Å²) in [6, 6.07) is 7.62. The molecule has 1 aromatic carbocycles. The Morgan fingerprint density at radius 2 is 2.11 bits per heavy atom. The largest absolute Gasteiger partial charge is 0.505 e. The Morgan fingerprint density at radius 3 is 2.74 bits per heavy atom. The second kappa shape index (κ2) is 5.31. The third-order valence-electron chi connectivity index (χ3n) is 3.45. The van der Waals surface area contributed by atoms with E-state index >= 15 is 0 Å². The fourth-order valence-electron chi connectivity index (χ4n) is 1.92. The third-order valence-corrected chi connectivity index (χ3v) is 3.45. The number of hydrogen-bond acceptors (Lipinski definition) is 3. The van der Waals surface area contributed by atoms with Crippen molar-refractivity contribution in [3.63, 3.8) is 0 Å². The monoisotopic (exact) mass is 257 g/mol. The Kier molecular flexibility index (Phi) is 3.74. The van der Waals surface area contributed by atoms with E-state index in [0.29, 0.717) is 22.9 Å². The molecule has 3 heteroatoms. The van der Waals surface area contributed by atoms with Crippen LogP contribution in [0.15, 0.2) is 40.3 Å². The Morgan fingerprint density at radius 1 is 1.42 bits per heavy atom. The van der Waals surface area contributed by atoms with Gasteiger partial charge in [0, 0.05) is 11.1 Å². The minimum absolute atomic E-state index is 0.0908. The fourth-order valence-corrected chi connectivity index (χ4v) is 1.92. The van der Waals surface area contributed by atoms with Crippen LogP contribution in [0.5, 0.6) is 0 Å². The molecule has 1 aromatic heterocycles. The Bertz CT molecular complexity index is 637. The highest BCUT2D eigenvalue weighted by molar-refractivity contribution is 5.98. The number of hydrogen-bond donors (Lipinski definition) is 1. The zero-order chi connectivity index (χ0) is 14.0. The molecule has 2 aromatic rings. The van der Waals surface area contributed by atoms with Gasteiger partial charge in [0.25, 0.3) is 0 Å². The number of benzene rings is 1. The summed E-state index contributed by atoms with van der Waals surface area (Å²) in [4.78, 5) is 4.64. The van der Waals surface area contributed by atoms with E-state index in [4.69, 9.17) is 4.42 Å². The molecule has 0 aliphatic carbocycles. The highest BCUT2D eigenvalue weighted by Crippen LogP contribution is 2.36. The molecule has 100 valence electrons. The molecule has 0 fully saturated rings. The summed E-state index contributed by atoms with van der Waals surface area (Å²) >= 11 is 0. The second-order valence-electron chi connectivity index (χ2n) is 4.79. The molecule has 0 spiro atoms. The van der Waals surface area contributed by atoms with Crippen LogP contribution in [0.1, 0.15) is 33.0 Å². The predicted molar refractivity (Wildman–Crippen MR) is 80.1 cm³/mol. The Hall–Kier alpha value is -2.03. The van der Waals surface area contributed by atoms with Crippen molar-refractivity contribution in [2.45, 2.75) is 27.2 Å². The fraction of sp³-hybridized carbons (Fsp3) is 0.312. The highest BCUT2D eigenvalue weighted by Gasteiger charge is 2.16. The molecular formula is C16H19NO2. The molecule has 0 aliphatic rings. The van der Waals surface area contributed by atoms with E-state index < -0.39 is 0 Å². The lowest BCUT2D eigenvalue weighted by Gasteiger charge is -2.07. The van der Waals surface area contributed by atoms with Crippen LogP contribution >= 0.6 is 0 Å². The van der Waals surface area contributed by atoms with Crippen molar-refractivity contribution in [1.82, 2.24) is 0 Å². The molecule has 0 aliphatic heterocycles. The van der Waals surface area contributed by atoms with Crippen molar-refractivity contribution in [2.75, 3.05) is 0 Å². The van der Waals surface area contributed by atoms with Gasteiger partial charge in [0.1, 0.15) is 11.3 Å². The van der Waals surface area contributed by atoms with Crippen molar-refractivity contribution in [3.05, 3.63) is 36.6 Å². The zero-order valence-corrected chi connectivity index (χ0v) is 11.6. The van der Waals surface area contributed by atoms with Crippen LogP contribution in [0.3, 0.4) is 0 Å². The molecule has 0 saturated heterocycles. The first-order valence-corrected chi connectivity index (χ1v) is 6.49. The zero-order valence-electron chi connectivity index (χ0n) is 11.6. The summed E-state index contributed by atoms with van der Waals surface area (Å²) in [7, 11) is 0. The number of nitrogens with zero attached hydrogens (tertiary/aromatic N) is 1. The van der Waals surface area contributed by atoms with Gasteiger partial charge in [-0.05, 0) is 31.4 Å². The van der Waals surface area contributed by atoms with Crippen molar-refractivity contribution in [3.8, 4) is 0 Å². The summed E-state index contributed by atoms with van der Waals surface area (Å²) < 4.78 is 5.62. The summed E-state index contributed by atoms with van der Waals surface area (Å²) in [5.74, 6) is 0.657. The molecule has 3 nitrogen and oxygen atoms in total. The number of aliphatic hydroxyl groups is 1. The molecule has 1 N–H and O–H groups in total. The van der Waals surface area contributed by atoms with E-state index in [1.54, 1.807) is 0 Å². The van der Waals surface area contributed by atoms with E-state index in [2.05, 4.69) is 25.4 Å². The van der Waals surface area contributed by atoms with E-state index in [-0.39, 0.29) is 5.76 Å². The van der Waals surface area contributed by atoms with E-state index in [9.17, 15) is 5.11 Å². The number of aliphatic hydroxyl groups excluding tert-OH is 1. The number of rotatable bonds is 4. The predicted octanol–water partition coefficient (Wildman–Crippen LogP) is 5.10. The maximum Gasteiger partial charge on any atom is 0.194 e. The molecule has 2 rings (SSSR count). The summed E-state index contributed by atoms with van der Waals surface area (Å²) in [5, 5.41) is 10.6. The average Bonchev–Trinajstić information content (AvgIpc) is 2.77. The molecule has 1 heterocycles. The van der Waals surface area contributed by atoms with Gasteiger partial charge in [-0.2, -0.15) is 0 Å². The number of furan rings is 1. The topological polar surface area (TPSA) is 45.7 Å². The van der Waals surface area contributed by atoms with Crippen molar-refractivity contribution in [1.29, 1.82) is 0 Å². The van der Waals surface area contributed by atoms with Gasteiger partial charge in [0.05, 0.1) is 0 Å². The van der Waals surface area contributed by atoms with Crippen LogP contribution < -0.4 is 0 Å². The van der Waals surface area contributed by atoms with Crippen molar-refractivity contribution >= 4 is 28.1 Å². The normalized spacial score (nSPS) is 13.7. The molecule has 1 unspecified atom stereocenters. The molecule has 0 radical (unpaired) electrons. The molecule has 0 amide bonds. The minimum atomic E-state index is -0.0908. The van der Waals surface area contributed by atoms with E-state index in [1.807, 2.05) is 31.2 Å². The molecule has 0 bridgehead atoms. The lowest BCUT2D eigenvalue weighted by molar-refractivity contribution is 0.474. The highest BCUT2D eigenvalue weighted by atomic mass is 16.4. The number of aliphatic imine (C=N–C) groups is 1. The average molecular weight is 257 g/mol. The first-order chi connectivity index (χ1) is 9.04. The number of para-hydroxylation sites is 1. The van der Waals surface area contributed by atoms with Crippen LogP contribution in [0, 0.1) is 5.92 Å². The van der Waals surface area contributed by atoms with Crippen molar-refractivity contribution in [2.24, 2.45) is 10.9 Å². The van der Waals surface area contributed by atoms with Crippen LogP contribution in [-0.2, 0) is 0 Å². The molecular weight excluding hydrogens is 238 g/mol. The summed E-state index contributed by atoms with van der Waals surface area (Å²) in [6.07, 6.45) is 1.03. The van der Waals surface area contributed by atoms with Gasteiger partial charge in [0.2, 0.25) is 0 Å². The van der Waals surface area contributed by atoms with Crippen molar-refractivity contribution < 1.29 is 9.52 Å². The smallest absolute Gasteiger partial charge is 0.194 e. The SMILES string of the molecule is C=C(O)c1oc2ccccc2c1N=C(C)C(C)CC. The quantitative estimate of drug-likeness (QED) is 0.611. The van der Waals surface area contributed by atoms with E-state index in [0.717, 1.165) is 17.5 Å². The maximum atomic E-state index is 9.66. The standard InChI is InChI=1S/C16H19NO2/c1-5-10(2)11(3)17-15-13-8-6-7-9-14(13)19-16(15)12(4)18/h6-10,18H,4-5H2,1-3H3. The molecule has 0 saturated carbocycles. The van der Waals surface area contributed by atoms with E-state index in [1.165, 1.54) is 0 Å². The van der Waals surface area contributed by atoms with Crippen LogP contribution in [-0.4, -0.2) is 10.8 Å². The number of fused-ring (bicyclic) bond motifs is 1. The van der Waals surface area contributed by atoms with Gasteiger partial charge < -0.3 is 9.52 Å². The van der Waals surface area contributed by atoms with Gasteiger partial charge in [-0.15, -0.1) is 0 Å². The summed E-state index contributed by atoms with van der Waals surface area (Å²) in [6.45, 7) is 9.81. The Balaban J connectivity index is 2.63. The van der Waals surface area contributed by atoms with Gasteiger partial charge in [0.15, 0.2) is 11.5 Å². The first-order valence-electron chi connectivity index (χ1n) is 6.49. The lowest BCUT2D eigenvalue weighted by atomic mass is 10.0. The van der Waals surface area contributed by atoms with Gasteiger partial charge >= 0.3 is 0 Å². The van der Waals surface area contributed by atoms with Crippen LogP contribution in [0.2, 0.25) is 0 Å². The molecule has 19 heavy (non-hydrogen) atoms. The lowest BCUT2D eigenvalue weighted by Crippen LogP contribution is -2.04. The summed E-state index contributed by atoms with van der Waals surface area (Å²) in [5.41, 5.74) is 2.40. The maximum absolute atomic E-state index is 9.66. The third kappa shape index (κ3) is 2.55. The minimum Gasteiger partial charge on any atom is -0.505 e. The van der Waals surface area contributed by atoms with Gasteiger partial charge in [-0.3, -0.25) is 4.99 Å².